The average Bonchev–Trinajstić information content (AvgIpc) is 3.56. The van der Waals surface area contributed by atoms with Crippen molar-refractivity contribution in [1.82, 2.24) is 0 Å². The fraction of sp³-hybridized carbons (Fsp3) is 0.588. The van der Waals surface area contributed by atoms with Gasteiger partial charge in [-0.25, -0.2) is 9.59 Å². The zero-order valence-corrected chi connectivity index (χ0v) is 24.3. The molecule has 6 heteroatoms. The normalized spacial score (nSPS) is 21.6. The summed E-state index contributed by atoms with van der Waals surface area (Å²) in [7, 11) is 0. The van der Waals surface area contributed by atoms with Crippen molar-refractivity contribution in [2.45, 2.75) is 103 Å². The van der Waals surface area contributed by atoms with Gasteiger partial charge in [0, 0.05) is 11.8 Å². The van der Waals surface area contributed by atoms with Crippen molar-refractivity contribution in [3.63, 3.8) is 0 Å². The molecule has 0 radical (unpaired) electrons. The van der Waals surface area contributed by atoms with Crippen LogP contribution in [-0.2, 0) is 9.47 Å². The van der Waals surface area contributed by atoms with E-state index in [4.69, 9.17) is 18.9 Å². The van der Waals surface area contributed by atoms with Gasteiger partial charge < -0.3 is 18.9 Å². The third kappa shape index (κ3) is 8.49. The lowest BCUT2D eigenvalue weighted by molar-refractivity contribution is 0.00949. The summed E-state index contributed by atoms with van der Waals surface area (Å²) in [4.78, 5) is 25.7. The van der Waals surface area contributed by atoms with Crippen LogP contribution in [0.1, 0.15) is 112 Å². The predicted octanol–water partition coefficient (Wildman–Crippen LogP) is 8.18. The van der Waals surface area contributed by atoms with Gasteiger partial charge in [-0.3, -0.25) is 0 Å². The summed E-state index contributed by atoms with van der Waals surface area (Å²) in [5, 5.41) is 0. The summed E-state index contributed by atoms with van der Waals surface area (Å²) in [5.74, 6) is 1.42. The van der Waals surface area contributed by atoms with Crippen LogP contribution in [-0.4, -0.2) is 37.4 Å². The molecule has 2 aromatic carbocycles. The van der Waals surface area contributed by atoms with Gasteiger partial charge in [0.2, 0.25) is 0 Å². The standard InChI is InChI=1S/C34H46O6/c1-3-5-7-9-23-37-27-15-11-25(12-16-27)33(35)39-31-21-19-30-29(31)20-22-32(30)40-34(36)26-13-17-28(18-14-26)38-24-10-8-6-4-2/h11-18,29-32H,3-10,19-24H2,1-2H3/t29-,30-,31+,32+/m0/s1. The zero-order valence-electron chi connectivity index (χ0n) is 24.3. The van der Waals surface area contributed by atoms with Crippen molar-refractivity contribution >= 4 is 11.9 Å². The molecule has 218 valence electrons. The number of fused-ring (bicyclic) bond motifs is 1. The van der Waals surface area contributed by atoms with Gasteiger partial charge in [0.15, 0.2) is 0 Å². The molecular formula is C34H46O6. The highest BCUT2D eigenvalue weighted by molar-refractivity contribution is 5.90. The number of rotatable bonds is 16. The second kappa shape index (κ2) is 15.7. The van der Waals surface area contributed by atoms with Gasteiger partial charge >= 0.3 is 11.9 Å². The Hall–Kier alpha value is -3.02. The molecule has 4 atom stereocenters. The molecule has 0 aliphatic heterocycles. The maximum atomic E-state index is 12.9. The SMILES string of the molecule is CCCCCCOc1ccc(C(=O)O[C@@H]2CC[C@H]3[C@@H]2CC[C@H]3OC(=O)c2ccc(OCCCCCC)cc2)cc1. The average molecular weight is 551 g/mol. The summed E-state index contributed by atoms with van der Waals surface area (Å²) in [6.45, 7) is 5.77. The Morgan fingerprint density at radius 3 is 1.35 bits per heavy atom. The lowest BCUT2D eigenvalue weighted by atomic mass is 9.98. The largest absolute Gasteiger partial charge is 0.494 e. The second-order valence-electron chi connectivity index (χ2n) is 11.2. The predicted molar refractivity (Wildman–Crippen MR) is 156 cm³/mol. The van der Waals surface area contributed by atoms with Gasteiger partial charge in [0.1, 0.15) is 23.7 Å². The highest BCUT2D eigenvalue weighted by Crippen LogP contribution is 2.47. The number of ether oxygens (including phenoxy) is 4. The number of carbonyl (C=O) groups excluding carboxylic acids is 2. The smallest absolute Gasteiger partial charge is 0.338 e. The molecule has 0 spiro atoms. The summed E-state index contributed by atoms with van der Waals surface area (Å²) < 4.78 is 23.5. The van der Waals surface area contributed by atoms with Crippen molar-refractivity contribution in [1.29, 1.82) is 0 Å². The summed E-state index contributed by atoms with van der Waals surface area (Å²) >= 11 is 0. The first kappa shape index (κ1) is 30.0. The first-order valence-corrected chi connectivity index (χ1v) is 15.5. The molecule has 0 N–H and O–H groups in total. The molecule has 0 heterocycles. The highest BCUT2D eigenvalue weighted by Gasteiger charge is 2.48. The molecule has 0 bridgehead atoms. The number of hydrogen-bond acceptors (Lipinski definition) is 6. The Morgan fingerprint density at radius 2 is 0.975 bits per heavy atom. The maximum absolute atomic E-state index is 12.9. The minimum atomic E-state index is -0.298. The molecule has 2 aliphatic carbocycles. The maximum Gasteiger partial charge on any atom is 0.338 e. The van der Waals surface area contributed by atoms with Gasteiger partial charge in [-0.1, -0.05) is 52.4 Å². The van der Waals surface area contributed by atoms with Crippen LogP contribution in [0.25, 0.3) is 0 Å². The van der Waals surface area contributed by atoms with Crippen LogP contribution in [0.15, 0.2) is 48.5 Å². The van der Waals surface area contributed by atoms with Crippen LogP contribution in [0, 0.1) is 11.8 Å². The fourth-order valence-corrected chi connectivity index (χ4v) is 6.01. The quantitative estimate of drug-likeness (QED) is 0.155. The number of esters is 2. The molecule has 2 fully saturated rings. The molecule has 0 amide bonds. The molecule has 2 saturated carbocycles. The van der Waals surface area contributed by atoms with E-state index in [1.165, 1.54) is 38.5 Å². The Bertz CT molecular complexity index is 962. The summed E-state index contributed by atoms with van der Waals surface area (Å²) in [5.41, 5.74) is 1.08. The van der Waals surface area contributed by atoms with Gasteiger partial charge in [-0.05, 0) is 87.1 Å². The molecule has 2 aromatic rings. The van der Waals surface area contributed by atoms with E-state index in [1.807, 2.05) is 24.3 Å². The molecule has 0 aromatic heterocycles. The first-order valence-electron chi connectivity index (χ1n) is 15.5. The van der Waals surface area contributed by atoms with Crippen molar-refractivity contribution < 1.29 is 28.5 Å². The number of benzene rings is 2. The minimum absolute atomic E-state index is 0.135. The van der Waals surface area contributed by atoms with E-state index in [-0.39, 0.29) is 36.0 Å². The van der Waals surface area contributed by atoms with E-state index in [0.717, 1.165) is 50.0 Å². The van der Waals surface area contributed by atoms with Crippen LogP contribution < -0.4 is 9.47 Å². The Morgan fingerprint density at radius 1 is 0.575 bits per heavy atom. The Balaban J connectivity index is 1.20. The topological polar surface area (TPSA) is 71.1 Å². The second-order valence-corrected chi connectivity index (χ2v) is 11.2. The van der Waals surface area contributed by atoms with Crippen molar-refractivity contribution in [2.75, 3.05) is 13.2 Å². The minimum Gasteiger partial charge on any atom is -0.494 e. The highest BCUT2D eigenvalue weighted by atomic mass is 16.6. The van der Waals surface area contributed by atoms with Crippen molar-refractivity contribution in [3.05, 3.63) is 59.7 Å². The van der Waals surface area contributed by atoms with E-state index in [0.29, 0.717) is 24.3 Å². The van der Waals surface area contributed by atoms with Gasteiger partial charge in [0.25, 0.3) is 0 Å². The summed E-state index contributed by atoms with van der Waals surface area (Å²) in [6.07, 6.45) is 12.4. The number of carbonyl (C=O) groups is 2. The van der Waals surface area contributed by atoms with Gasteiger partial charge in [-0.15, -0.1) is 0 Å². The Labute approximate surface area is 239 Å². The third-order valence-corrected chi connectivity index (χ3v) is 8.30. The van der Waals surface area contributed by atoms with E-state index in [2.05, 4.69) is 13.8 Å². The van der Waals surface area contributed by atoms with Crippen LogP contribution in [0.4, 0.5) is 0 Å². The monoisotopic (exact) mass is 550 g/mol. The molecular weight excluding hydrogens is 504 g/mol. The van der Waals surface area contributed by atoms with Crippen molar-refractivity contribution in [3.8, 4) is 11.5 Å². The third-order valence-electron chi connectivity index (χ3n) is 8.30. The van der Waals surface area contributed by atoms with E-state index < -0.39 is 0 Å². The van der Waals surface area contributed by atoms with E-state index in [9.17, 15) is 9.59 Å². The fourth-order valence-electron chi connectivity index (χ4n) is 6.01. The zero-order chi connectivity index (χ0) is 28.2. The van der Waals surface area contributed by atoms with E-state index in [1.54, 1.807) is 24.3 Å². The van der Waals surface area contributed by atoms with E-state index >= 15 is 0 Å². The number of unbranched alkanes of at least 4 members (excludes halogenated alkanes) is 6. The molecule has 0 saturated heterocycles. The Kier molecular flexibility index (Phi) is 11.7. The molecule has 40 heavy (non-hydrogen) atoms. The summed E-state index contributed by atoms with van der Waals surface area (Å²) in [6, 6.07) is 14.5. The molecule has 6 nitrogen and oxygen atoms in total. The molecule has 4 rings (SSSR count). The molecule has 2 aliphatic rings. The molecule has 0 unspecified atom stereocenters. The van der Waals surface area contributed by atoms with Crippen LogP contribution in [0.2, 0.25) is 0 Å². The van der Waals surface area contributed by atoms with Crippen LogP contribution >= 0.6 is 0 Å². The lowest BCUT2D eigenvalue weighted by Gasteiger charge is -2.21. The van der Waals surface area contributed by atoms with Crippen LogP contribution in [0.5, 0.6) is 11.5 Å². The van der Waals surface area contributed by atoms with Crippen LogP contribution in [0.3, 0.4) is 0 Å². The van der Waals surface area contributed by atoms with Gasteiger partial charge in [-0.2, -0.15) is 0 Å². The van der Waals surface area contributed by atoms with Crippen molar-refractivity contribution in [2.24, 2.45) is 11.8 Å². The number of hydrogen-bond donors (Lipinski definition) is 0. The lowest BCUT2D eigenvalue weighted by Crippen LogP contribution is -2.26. The van der Waals surface area contributed by atoms with Gasteiger partial charge in [0.05, 0.1) is 24.3 Å². The first-order chi connectivity index (χ1) is 19.6.